The summed E-state index contributed by atoms with van der Waals surface area (Å²) in [4.78, 5) is 23.6. The predicted molar refractivity (Wildman–Crippen MR) is 81.2 cm³/mol. The number of hydrogen-bond donors (Lipinski definition) is 0. The number of carbonyl (C=O) groups is 2. The van der Waals surface area contributed by atoms with Gasteiger partial charge in [0.05, 0.1) is 18.5 Å². The summed E-state index contributed by atoms with van der Waals surface area (Å²) in [6.07, 6.45) is 0.00894. The van der Waals surface area contributed by atoms with E-state index in [1.54, 1.807) is 13.0 Å². The third-order valence-corrected chi connectivity index (χ3v) is 3.74. The molecule has 0 aliphatic carbocycles. The Balaban J connectivity index is 2.68. The molecule has 0 bridgehead atoms. The summed E-state index contributed by atoms with van der Waals surface area (Å²) in [7, 11) is 0. The van der Waals surface area contributed by atoms with Crippen molar-refractivity contribution in [1.29, 1.82) is 0 Å². The largest absolute Gasteiger partial charge is 0.466 e. The van der Waals surface area contributed by atoms with Crippen LogP contribution in [-0.2, 0) is 21.3 Å². The van der Waals surface area contributed by atoms with E-state index in [0.717, 1.165) is 0 Å². The third-order valence-electron chi connectivity index (χ3n) is 3.21. The van der Waals surface area contributed by atoms with Crippen molar-refractivity contribution in [3.05, 3.63) is 35.3 Å². The number of rotatable bonds is 4. The highest BCUT2D eigenvalue weighted by Gasteiger charge is 2.21. The fourth-order valence-corrected chi connectivity index (χ4v) is 3.02. The van der Waals surface area contributed by atoms with Gasteiger partial charge >= 0.3 is 5.97 Å². The molecule has 1 heterocycles. The smallest absolute Gasteiger partial charge is 0.310 e. The van der Waals surface area contributed by atoms with Crippen LogP contribution < -0.4 is 0 Å². The molecule has 21 heavy (non-hydrogen) atoms. The van der Waals surface area contributed by atoms with Gasteiger partial charge in [-0.3, -0.25) is 14.2 Å². The summed E-state index contributed by atoms with van der Waals surface area (Å²) in [5.74, 6) is -0.989. The molecule has 2 aromatic rings. The van der Waals surface area contributed by atoms with Crippen LogP contribution >= 0.6 is 15.9 Å². The minimum absolute atomic E-state index is 0.00894. The highest BCUT2D eigenvalue weighted by molar-refractivity contribution is 9.08. The molecule has 0 unspecified atom stereocenters. The van der Waals surface area contributed by atoms with Crippen LogP contribution in [0.5, 0.6) is 0 Å². The van der Waals surface area contributed by atoms with Gasteiger partial charge in [-0.15, -0.1) is 0 Å². The van der Waals surface area contributed by atoms with E-state index >= 15 is 0 Å². The van der Waals surface area contributed by atoms with Gasteiger partial charge in [0.25, 0.3) is 0 Å². The topological polar surface area (TPSA) is 48.3 Å². The molecule has 0 amide bonds. The SMILES string of the molecule is CCOC(=O)Cc1c(CBr)n(C(C)=O)c2ccc(F)cc12. The first-order valence-corrected chi connectivity index (χ1v) is 7.66. The lowest BCUT2D eigenvalue weighted by molar-refractivity contribution is -0.142. The molecule has 0 aliphatic heterocycles. The average Bonchev–Trinajstić information content (AvgIpc) is 2.72. The quantitative estimate of drug-likeness (QED) is 0.623. The number of alkyl halides is 1. The Kier molecular flexibility index (Phi) is 4.77. The lowest BCUT2D eigenvalue weighted by Gasteiger charge is -2.06. The van der Waals surface area contributed by atoms with Crippen molar-refractivity contribution in [2.75, 3.05) is 6.61 Å². The Morgan fingerprint density at radius 2 is 2.10 bits per heavy atom. The molecule has 0 spiro atoms. The van der Waals surface area contributed by atoms with Gasteiger partial charge < -0.3 is 4.74 Å². The molecule has 0 fully saturated rings. The number of carbonyl (C=O) groups excluding carboxylic acids is 2. The van der Waals surface area contributed by atoms with Gasteiger partial charge in [0.15, 0.2) is 0 Å². The van der Waals surface area contributed by atoms with E-state index in [1.807, 2.05) is 0 Å². The number of hydrogen-bond acceptors (Lipinski definition) is 3. The first kappa shape index (κ1) is 15.7. The van der Waals surface area contributed by atoms with Gasteiger partial charge in [0.2, 0.25) is 5.91 Å². The van der Waals surface area contributed by atoms with E-state index in [1.165, 1.54) is 23.6 Å². The number of halogens is 2. The maximum absolute atomic E-state index is 13.5. The van der Waals surface area contributed by atoms with E-state index in [0.29, 0.717) is 27.5 Å². The van der Waals surface area contributed by atoms with Crippen LogP contribution in [0.15, 0.2) is 18.2 Å². The molecule has 6 heteroatoms. The van der Waals surface area contributed by atoms with Crippen LogP contribution in [0.2, 0.25) is 0 Å². The molecule has 0 radical (unpaired) electrons. The summed E-state index contributed by atoms with van der Waals surface area (Å²) in [5.41, 5.74) is 1.86. The molecular formula is C15H15BrFNO3. The van der Waals surface area contributed by atoms with Crippen LogP contribution in [0.4, 0.5) is 4.39 Å². The number of nitrogens with zero attached hydrogens (tertiary/aromatic N) is 1. The van der Waals surface area contributed by atoms with E-state index in [4.69, 9.17) is 4.74 Å². The molecule has 0 saturated heterocycles. The van der Waals surface area contributed by atoms with Crippen molar-refractivity contribution in [2.45, 2.75) is 25.6 Å². The Hall–Kier alpha value is -1.69. The first-order valence-electron chi connectivity index (χ1n) is 6.53. The van der Waals surface area contributed by atoms with Crippen molar-refractivity contribution in [2.24, 2.45) is 0 Å². The Morgan fingerprint density at radius 3 is 2.67 bits per heavy atom. The number of ether oxygens (including phenoxy) is 1. The third kappa shape index (κ3) is 3.00. The van der Waals surface area contributed by atoms with Crippen molar-refractivity contribution < 1.29 is 18.7 Å². The normalized spacial score (nSPS) is 10.9. The molecule has 4 nitrogen and oxygen atoms in total. The van der Waals surface area contributed by atoms with Crippen molar-refractivity contribution in [3.8, 4) is 0 Å². The Labute approximate surface area is 130 Å². The molecule has 1 aromatic carbocycles. The van der Waals surface area contributed by atoms with E-state index < -0.39 is 11.8 Å². The number of esters is 1. The zero-order valence-electron chi connectivity index (χ0n) is 11.8. The van der Waals surface area contributed by atoms with Crippen LogP contribution in [0, 0.1) is 5.82 Å². The zero-order chi connectivity index (χ0) is 15.6. The van der Waals surface area contributed by atoms with Gasteiger partial charge in [0, 0.05) is 23.3 Å². The Morgan fingerprint density at radius 1 is 1.38 bits per heavy atom. The van der Waals surface area contributed by atoms with Gasteiger partial charge in [0.1, 0.15) is 5.82 Å². The second-order valence-electron chi connectivity index (χ2n) is 4.56. The lowest BCUT2D eigenvalue weighted by Crippen LogP contribution is -2.12. The van der Waals surface area contributed by atoms with Gasteiger partial charge in [-0.1, -0.05) is 15.9 Å². The van der Waals surface area contributed by atoms with Gasteiger partial charge in [-0.2, -0.15) is 0 Å². The summed E-state index contributed by atoms with van der Waals surface area (Å²) >= 11 is 3.33. The maximum Gasteiger partial charge on any atom is 0.310 e. The van der Waals surface area contributed by atoms with E-state index in [9.17, 15) is 14.0 Å². The second-order valence-corrected chi connectivity index (χ2v) is 5.12. The number of fused-ring (bicyclic) bond motifs is 1. The van der Waals surface area contributed by atoms with Crippen molar-refractivity contribution in [1.82, 2.24) is 4.57 Å². The zero-order valence-corrected chi connectivity index (χ0v) is 13.4. The maximum atomic E-state index is 13.5. The fraction of sp³-hybridized carbons (Fsp3) is 0.333. The van der Waals surface area contributed by atoms with Gasteiger partial charge in [-0.25, -0.2) is 4.39 Å². The summed E-state index contributed by atoms with van der Waals surface area (Å²) < 4.78 is 20.0. The summed E-state index contributed by atoms with van der Waals surface area (Å²) in [6.45, 7) is 3.44. The van der Waals surface area contributed by atoms with Crippen LogP contribution in [-0.4, -0.2) is 23.1 Å². The summed E-state index contributed by atoms with van der Waals surface area (Å²) in [5, 5.41) is 0.949. The molecule has 112 valence electrons. The molecular weight excluding hydrogens is 341 g/mol. The number of aromatic nitrogens is 1. The molecule has 0 N–H and O–H groups in total. The second kappa shape index (κ2) is 6.39. The average molecular weight is 356 g/mol. The molecule has 0 aliphatic rings. The molecule has 2 rings (SSSR count). The standard InChI is InChI=1S/C15H15BrFNO3/c1-3-21-15(20)7-12-11-6-10(17)4-5-13(11)18(9(2)19)14(12)8-16/h4-6H,3,7-8H2,1-2H3. The van der Waals surface area contributed by atoms with Gasteiger partial charge in [-0.05, 0) is 30.7 Å². The minimum atomic E-state index is -0.408. The first-order chi connectivity index (χ1) is 9.99. The van der Waals surface area contributed by atoms with Crippen LogP contribution in [0.3, 0.4) is 0 Å². The fourth-order valence-electron chi connectivity index (χ4n) is 2.43. The molecule has 1 aromatic heterocycles. The number of benzene rings is 1. The minimum Gasteiger partial charge on any atom is -0.466 e. The van der Waals surface area contributed by atoms with Crippen molar-refractivity contribution in [3.63, 3.8) is 0 Å². The predicted octanol–water partition coefficient (Wildman–Crippen LogP) is 3.44. The molecule has 0 atom stereocenters. The summed E-state index contributed by atoms with van der Waals surface area (Å²) in [6, 6.07) is 4.19. The Bertz CT molecular complexity index is 708. The van der Waals surface area contributed by atoms with Crippen LogP contribution in [0.1, 0.15) is 29.9 Å². The monoisotopic (exact) mass is 355 g/mol. The highest BCUT2D eigenvalue weighted by atomic mass is 79.9. The van der Waals surface area contributed by atoms with E-state index in [2.05, 4.69) is 15.9 Å². The van der Waals surface area contributed by atoms with Crippen LogP contribution in [0.25, 0.3) is 10.9 Å². The molecule has 0 saturated carbocycles. The van der Waals surface area contributed by atoms with Crippen molar-refractivity contribution >= 4 is 38.7 Å². The highest BCUT2D eigenvalue weighted by Crippen LogP contribution is 2.29. The lowest BCUT2D eigenvalue weighted by atomic mass is 10.1. The van der Waals surface area contributed by atoms with E-state index in [-0.39, 0.29) is 18.9 Å².